The summed E-state index contributed by atoms with van der Waals surface area (Å²) in [4.78, 5) is 29.2. The third kappa shape index (κ3) is 6.15. The first kappa shape index (κ1) is 22.0. The number of urea groups is 1. The minimum atomic E-state index is -0.309. The Morgan fingerprint density at radius 1 is 0.774 bits per heavy atom. The summed E-state index contributed by atoms with van der Waals surface area (Å²) >= 11 is 0. The Morgan fingerprint density at radius 2 is 1.42 bits per heavy atom. The van der Waals surface area contributed by atoms with Crippen molar-refractivity contribution in [2.24, 2.45) is 5.92 Å². The van der Waals surface area contributed by atoms with E-state index in [2.05, 4.69) is 20.9 Å². The molecule has 31 heavy (non-hydrogen) atoms. The van der Waals surface area contributed by atoms with Crippen molar-refractivity contribution in [1.29, 1.82) is 0 Å². The van der Waals surface area contributed by atoms with Gasteiger partial charge in [0.2, 0.25) is 5.91 Å². The van der Waals surface area contributed by atoms with Gasteiger partial charge in [-0.15, -0.1) is 0 Å². The molecule has 6 heteroatoms. The first-order chi connectivity index (χ1) is 14.9. The fraction of sp³-hybridized carbons (Fsp3) is 0.240. The molecule has 0 radical (unpaired) electrons. The van der Waals surface area contributed by atoms with E-state index in [1.165, 1.54) is 0 Å². The second kappa shape index (κ2) is 10.4. The maximum atomic E-state index is 13.0. The van der Waals surface area contributed by atoms with Crippen molar-refractivity contribution in [2.75, 3.05) is 10.6 Å². The van der Waals surface area contributed by atoms with Gasteiger partial charge in [-0.3, -0.25) is 9.78 Å². The summed E-state index contributed by atoms with van der Waals surface area (Å²) < 4.78 is 0. The van der Waals surface area contributed by atoms with E-state index >= 15 is 0 Å². The summed E-state index contributed by atoms with van der Waals surface area (Å²) in [5, 5.41) is 8.69. The highest BCUT2D eigenvalue weighted by atomic mass is 16.2. The van der Waals surface area contributed by atoms with Gasteiger partial charge in [0.1, 0.15) is 0 Å². The molecule has 0 aliphatic rings. The molecule has 2 aromatic carbocycles. The van der Waals surface area contributed by atoms with Gasteiger partial charge in [0.05, 0.1) is 12.0 Å². The molecule has 3 N–H and O–H groups in total. The summed E-state index contributed by atoms with van der Waals surface area (Å²) in [7, 11) is 0. The molecular weight excluding hydrogens is 388 g/mol. The highest BCUT2D eigenvalue weighted by Gasteiger charge is 2.25. The van der Waals surface area contributed by atoms with Crippen molar-refractivity contribution in [2.45, 2.75) is 32.7 Å². The molecule has 0 bridgehead atoms. The number of hydrogen-bond acceptors (Lipinski definition) is 3. The largest absolute Gasteiger partial charge is 0.349 e. The van der Waals surface area contributed by atoms with E-state index in [-0.39, 0.29) is 29.8 Å². The van der Waals surface area contributed by atoms with Crippen LogP contribution in [-0.2, 0) is 4.79 Å². The second-order valence-corrected chi connectivity index (χ2v) is 7.81. The average molecular weight is 417 g/mol. The van der Waals surface area contributed by atoms with Gasteiger partial charge in [0.25, 0.3) is 0 Å². The molecule has 0 spiro atoms. The van der Waals surface area contributed by atoms with Gasteiger partial charge in [-0.1, -0.05) is 50.2 Å². The van der Waals surface area contributed by atoms with Gasteiger partial charge in [0.15, 0.2) is 0 Å². The first-order valence-electron chi connectivity index (χ1n) is 10.4. The molecule has 2 atom stereocenters. The van der Waals surface area contributed by atoms with E-state index < -0.39 is 0 Å². The van der Waals surface area contributed by atoms with Crippen LogP contribution in [0.15, 0.2) is 79.1 Å². The zero-order valence-electron chi connectivity index (χ0n) is 18.0. The number of benzene rings is 2. The SMILES string of the molecule is CC(NC(=O)C(c1cccnc1)C(C)C)c1ccc(NC(=O)Nc2ccccc2)cc1. The number of carbonyl (C=O) groups is 2. The molecule has 0 saturated heterocycles. The number of para-hydroxylation sites is 1. The van der Waals surface area contributed by atoms with E-state index in [1.54, 1.807) is 12.4 Å². The monoisotopic (exact) mass is 416 g/mol. The number of pyridine rings is 1. The molecule has 0 aliphatic carbocycles. The lowest BCUT2D eigenvalue weighted by atomic mass is 9.88. The van der Waals surface area contributed by atoms with Crippen LogP contribution < -0.4 is 16.0 Å². The van der Waals surface area contributed by atoms with Gasteiger partial charge in [-0.25, -0.2) is 4.79 Å². The zero-order valence-corrected chi connectivity index (χ0v) is 18.0. The Bertz CT molecular complexity index is 989. The molecule has 6 nitrogen and oxygen atoms in total. The number of nitrogens with one attached hydrogen (secondary N) is 3. The highest BCUT2D eigenvalue weighted by molar-refractivity contribution is 5.99. The third-order valence-corrected chi connectivity index (χ3v) is 5.05. The standard InChI is InChI=1S/C25H28N4O2/c1-17(2)23(20-8-7-15-26-16-20)24(30)27-18(3)19-11-13-22(14-12-19)29-25(31)28-21-9-5-4-6-10-21/h4-18,23H,1-3H3,(H,27,30)(H2,28,29,31). The van der Waals surface area contributed by atoms with Crippen molar-refractivity contribution >= 4 is 23.3 Å². The molecular formula is C25H28N4O2. The van der Waals surface area contributed by atoms with Crippen LogP contribution >= 0.6 is 0 Å². The third-order valence-electron chi connectivity index (χ3n) is 5.05. The lowest BCUT2D eigenvalue weighted by molar-refractivity contribution is -0.124. The summed E-state index contributed by atoms with van der Waals surface area (Å²) in [6.45, 7) is 6.01. The van der Waals surface area contributed by atoms with E-state index in [4.69, 9.17) is 0 Å². The molecule has 0 aliphatic heterocycles. The molecule has 3 aromatic rings. The zero-order chi connectivity index (χ0) is 22.2. The van der Waals surface area contributed by atoms with Crippen LogP contribution in [0.4, 0.5) is 16.2 Å². The van der Waals surface area contributed by atoms with Gasteiger partial charge in [-0.2, -0.15) is 0 Å². The maximum Gasteiger partial charge on any atom is 0.323 e. The van der Waals surface area contributed by atoms with Gasteiger partial charge < -0.3 is 16.0 Å². The summed E-state index contributed by atoms with van der Waals surface area (Å²) in [5.41, 5.74) is 3.26. The fourth-order valence-corrected chi connectivity index (χ4v) is 3.46. The Kier molecular flexibility index (Phi) is 7.38. The Balaban J connectivity index is 1.60. The van der Waals surface area contributed by atoms with E-state index in [0.29, 0.717) is 5.69 Å². The molecule has 0 fully saturated rings. The minimum Gasteiger partial charge on any atom is -0.349 e. The van der Waals surface area contributed by atoms with Crippen molar-refractivity contribution in [3.8, 4) is 0 Å². The smallest absolute Gasteiger partial charge is 0.323 e. The number of rotatable bonds is 7. The predicted molar refractivity (Wildman–Crippen MR) is 124 cm³/mol. The van der Waals surface area contributed by atoms with E-state index in [0.717, 1.165) is 16.8 Å². The van der Waals surface area contributed by atoms with Crippen molar-refractivity contribution in [1.82, 2.24) is 10.3 Å². The normalized spacial score (nSPS) is 12.6. The summed E-state index contributed by atoms with van der Waals surface area (Å²) in [6, 6.07) is 20.0. The molecule has 3 rings (SSSR count). The number of amides is 3. The van der Waals surface area contributed by atoms with Crippen LogP contribution in [-0.4, -0.2) is 16.9 Å². The van der Waals surface area contributed by atoms with Crippen molar-refractivity contribution in [3.63, 3.8) is 0 Å². The van der Waals surface area contributed by atoms with Gasteiger partial charge >= 0.3 is 6.03 Å². The lowest BCUT2D eigenvalue weighted by Crippen LogP contribution is -2.34. The minimum absolute atomic E-state index is 0.0278. The van der Waals surface area contributed by atoms with Crippen LogP contribution in [0.2, 0.25) is 0 Å². The number of nitrogens with zero attached hydrogens (tertiary/aromatic N) is 1. The number of aromatic nitrogens is 1. The number of carbonyl (C=O) groups excluding carboxylic acids is 2. The van der Waals surface area contributed by atoms with E-state index in [9.17, 15) is 9.59 Å². The van der Waals surface area contributed by atoms with Crippen LogP contribution in [0.5, 0.6) is 0 Å². The van der Waals surface area contributed by atoms with Gasteiger partial charge in [-0.05, 0) is 54.3 Å². The Hall–Kier alpha value is -3.67. The van der Waals surface area contributed by atoms with Crippen molar-refractivity contribution in [3.05, 3.63) is 90.3 Å². The van der Waals surface area contributed by atoms with Crippen LogP contribution in [0.25, 0.3) is 0 Å². The maximum absolute atomic E-state index is 13.0. The second-order valence-electron chi connectivity index (χ2n) is 7.81. The molecule has 3 amide bonds. The number of hydrogen-bond donors (Lipinski definition) is 3. The molecule has 1 heterocycles. The fourth-order valence-electron chi connectivity index (χ4n) is 3.46. The molecule has 1 aromatic heterocycles. The van der Waals surface area contributed by atoms with Crippen LogP contribution in [0.1, 0.15) is 43.9 Å². The lowest BCUT2D eigenvalue weighted by Gasteiger charge is -2.23. The molecule has 160 valence electrons. The first-order valence-corrected chi connectivity index (χ1v) is 10.4. The van der Waals surface area contributed by atoms with Crippen LogP contribution in [0.3, 0.4) is 0 Å². The highest BCUT2D eigenvalue weighted by Crippen LogP contribution is 2.25. The van der Waals surface area contributed by atoms with E-state index in [1.807, 2.05) is 87.5 Å². The van der Waals surface area contributed by atoms with Crippen LogP contribution in [0, 0.1) is 5.92 Å². The predicted octanol–water partition coefficient (Wildman–Crippen LogP) is 5.34. The average Bonchev–Trinajstić information content (AvgIpc) is 2.75. The van der Waals surface area contributed by atoms with Crippen molar-refractivity contribution < 1.29 is 9.59 Å². The molecule has 2 unspecified atom stereocenters. The van der Waals surface area contributed by atoms with Gasteiger partial charge in [0, 0.05) is 23.8 Å². The Morgan fingerprint density at radius 3 is 2.00 bits per heavy atom. The number of anilines is 2. The quantitative estimate of drug-likeness (QED) is 0.486. The summed E-state index contributed by atoms with van der Waals surface area (Å²) in [6.07, 6.45) is 3.45. The topological polar surface area (TPSA) is 83.1 Å². The molecule has 0 saturated carbocycles. The summed E-state index contributed by atoms with van der Waals surface area (Å²) in [5.74, 6) is -0.148. The Labute approximate surface area is 183 Å².